The van der Waals surface area contributed by atoms with Crippen LogP contribution in [-0.4, -0.2) is 22.9 Å². The van der Waals surface area contributed by atoms with Crippen LogP contribution in [0.5, 0.6) is 11.5 Å². The topological polar surface area (TPSA) is 89.7 Å². The molecule has 0 fully saturated rings. The first-order chi connectivity index (χ1) is 11.3. The number of aromatic hydroxyl groups is 1. The highest BCUT2D eigenvalue weighted by Gasteiger charge is 2.14. The number of ether oxygens (including phenoxy) is 1. The van der Waals surface area contributed by atoms with Crippen molar-refractivity contribution >= 4 is 33.5 Å². The third-order valence-electron chi connectivity index (χ3n) is 3.40. The smallest absolute Gasteiger partial charge is 0.273 e. The van der Waals surface area contributed by atoms with Gasteiger partial charge < -0.3 is 9.84 Å². The Labute approximate surface area is 146 Å². The van der Waals surface area contributed by atoms with E-state index in [9.17, 15) is 20.0 Å². The number of methoxy groups -OCH3 is 1. The summed E-state index contributed by atoms with van der Waals surface area (Å²) in [5.74, 6) is -0.115. The van der Waals surface area contributed by atoms with Crippen molar-refractivity contribution in [1.82, 2.24) is 0 Å². The average molecular weight is 392 g/mol. The Bertz CT molecular complexity index is 845. The number of carbonyl (C=O) groups is 1. The van der Waals surface area contributed by atoms with E-state index in [-0.39, 0.29) is 28.5 Å². The Morgan fingerprint density at radius 3 is 2.67 bits per heavy atom. The van der Waals surface area contributed by atoms with Gasteiger partial charge in [0, 0.05) is 21.7 Å². The fraction of sp³-hybridized carbons (Fsp3) is 0.118. The highest BCUT2D eigenvalue weighted by molar-refractivity contribution is 9.10. The van der Waals surface area contributed by atoms with Gasteiger partial charge in [-0.25, -0.2) is 0 Å². The second kappa shape index (κ2) is 7.27. The van der Waals surface area contributed by atoms with Crippen molar-refractivity contribution in [2.75, 3.05) is 7.11 Å². The SMILES string of the molecule is COc1cc(/C=C/C(=O)c2ccc(C)c([N+](=O)[O-])c2)c(Br)cc1O. The molecule has 2 rings (SSSR count). The Hall–Kier alpha value is -2.67. The molecule has 0 amide bonds. The molecule has 0 atom stereocenters. The lowest BCUT2D eigenvalue weighted by Crippen LogP contribution is -1.98. The number of nitro groups is 1. The monoisotopic (exact) mass is 391 g/mol. The number of halogens is 1. The largest absolute Gasteiger partial charge is 0.504 e. The van der Waals surface area contributed by atoms with Crippen molar-refractivity contribution in [3.63, 3.8) is 0 Å². The molecule has 0 saturated heterocycles. The van der Waals surface area contributed by atoms with Crippen molar-refractivity contribution in [1.29, 1.82) is 0 Å². The number of hydrogen-bond donors (Lipinski definition) is 1. The number of carbonyl (C=O) groups excluding carboxylic acids is 1. The van der Waals surface area contributed by atoms with Crippen LogP contribution in [0.15, 0.2) is 40.9 Å². The summed E-state index contributed by atoms with van der Waals surface area (Å²) in [5.41, 5.74) is 1.25. The van der Waals surface area contributed by atoms with E-state index >= 15 is 0 Å². The van der Waals surface area contributed by atoms with Crippen LogP contribution in [0.2, 0.25) is 0 Å². The Kier molecular flexibility index (Phi) is 5.35. The number of phenols is 1. The van der Waals surface area contributed by atoms with Crippen LogP contribution in [0, 0.1) is 17.0 Å². The number of phenolic OH excluding ortho intramolecular Hbond substituents is 1. The van der Waals surface area contributed by atoms with E-state index in [2.05, 4.69) is 15.9 Å². The quantitative estimate of drug-likeness (QED) is 0.355. The molecule has 0 saturated carbocycles. The summed E-state index contributed by atoms with van der Waals surface area (Å²) in [6.07, 6.45) is 2.85. The standard InChI is InChI=1S/C17H14BrNO5/c1-10-3-4-12(7-14(10)19(22)23)15(20)6-5-11-8-17(24-2)16(21)9-13(11)18/h3-9,21H,1-2H3/b6-5+. The van der Waals surface area contributed by atoms with E-state index in [0.29, 0.717) is 15.6 Å². The molecule has 6 nitrogen and oxygen atoms in total. The maximum absolute atomic E-state index is 12.2. The van der Waals surface area contributed by atoms with Gasteiger partial charge in [0.15, 0.2) is 17.3 Å². The van der Waals surface area contributed by atoms with Gasteiger partial charge in [-0.15, -0.1) is 0 Å². The number of hydrogen-bond acceptors (Lipinski definition) is 5. The number of nitrogens with zero attached hydrogens (tertiary/aromatic N) is 1. The number of rotatable bonds is 5. The maximum atomic E-state index is 12.2. The van der Waals surface area contributed by atoms with E-state index in [0.717, 1.165) is 0 Å². The summed E-state index contributed by atoms with van der Waals surface area (Å²) < 4.78 is 5.61. The lowest BCUT2D eigenvalue weighted by Gasteiger charge is -2.06. The van der Waals surface area contributed by atoms with Crippen LogP contribution in [0.25, 0.3) is 6.08 Å². The molecule has 124 valence electrons. The molecule has 7 heteroatoms. The molecule has 2 aromatic carbocycles. The Balaban J connectivity index is 2.31. The fourth-order valence-electron chi connectivity index (χ4n) is 2.07. The number of nitro benzene ring substituents is 1. The molecule has 0 aromatic heterocycles. The molecule has 0 spiro atoms. The van der Waals surface area contributed by atoms with Crippen molar-refractivity contribution in [3.8, 4) is 11.5 Å². The Morgan fingerprint density at radius 2 is 2.04 bits per heavy atom. The van der Waals surface area contributed by atoms with Gasteiger partial charge in [0.2, 0.25) is 0 Å². The van der Waals surface area contributed by atoms with Gasteiger partial charge in [0.1, 0.15) is 0 Å². The van der Waals surface area contributed by atoms with Crippen molar-refractivity contribution in [2.24, 2.45) is 0 Å². The van der Waals surface area contributed by atoms with Gasteiger partial charge in [0.05, 0.1) is 12.0 Å². The van der Waals surface area contributed by atoms with Crippen LogP contribution in [-0.2, 0) is 0 Å². The zero-order valence-electron chi connectivity index (χ0n) is 12.9. The second-order valence-electron chi connectivity index (χ2n) is 5.00. The molecule has 0 radical (unpaired) electrons. The van der Waals surface area contributed by atoms with E-state index in [1.54, 1.807) is 31.2 Å². The summed E-state index contributed by atoms with van der Waals surface area (Å²) in [6, 6.07) is 7.37. The minimum Gasteiger partial charge on any atom is -0.504 e. The molecule has 0 bridgehead atoms. The molecule has 0 unspecified atom stereocenters. The summed E-state index contributed by atoms with van der Waals surface area (Å²) >= 11 is 3.29. The van der Waals surface area contributed by atoms with E-state index in [4.69, 9.17) is 4.74 Å². The van der Waals surface area contributed by atoms with E-state index in [1.165, 1.54) is 25.3 Å². The van der Waals surface area contributed by atoms with Crippen LogP contribution < -0.4 is 4.74 Å². The number of aryl methyl sites for hydroxylation is 1. The second-order valence-corrected chi connectivity index (χ2v) is 5.86. The van der Waals surface area contributed by atoms with Gasteiger partial charge >= 0.3 is 0 Å². The molecule has 2 aromatic rings. The zero-order chi connectivity index (χ0) is 17.9. The lowest BCUT2D eigenvalue weighted by molar-refractivity contribution is -0.385. The molecular formula is C17H14BrNO5. The molecule has 0 aliphatic carbocycles. The number of benzene rings is 2. The minimum atomic E-state index is -0.517. The van der Waals surface area contributed by atoms with Gasteiger partial charge in [0.25, 0.3) is 5.69 Å². The summed E-state index contributed by atoms with van der Waals surface area (Å²) in [5, 5.41) is 20.6. The number of allylic oxidation sites excluding steroid dienone is 1. The molecule has 24 heavy (non-hydrogen) atoms. The van der Waals surface area contributed by atoms with E-state index in [1.807, 2.05) is 0 Å². The highest BCUT2D eigenvalue weighted by atomic mass is 79.9. The first-order valence-electron chi connectivity index (χ1n) is 6.87. The summed E-state index contributed by atoms with van der Waals surface area (Å²) in [6.45, 7) is 1.61. The molecule has 0 aliphatic rings. The predicted molar refractivity (Wildman–Crippen MR) is 93.6 cm³/mol. The van der Waals surface area contributed by atoms with Crippen LogP contribution in [0.3, 0.4) is 0 Å². The minimum absolute atomic E-state index is 0.0259. The van der Waals surface area contributed by atoms with Gasteiger partial charge in [-0.2, -0.15) is 0 Å². The summed E-state index contributed by atoms with van der Waals surface area (Å²) in [7, 11) is 1.42. The predicted octanol–water partition coefficient (Wildman–Crippen LogP) is 4.28. The average Bonchev–Trinajstić information content (AvgIpc) is 2.54. The first kappa shape index (κ1) is 17.7. The van der Waals surface area contributed by atoms with Crippen LogP contribution in [0.4, 0.5) is 5.69 Å². The third kappa shape index (κ3) is 3.80. The molecule has 0 aliphatic heterocycles. The number of ketones is 1. The van der Waals surface area contributed by atoms with Gasteiger partial charge in [-0.05, 0) is 36.8 Å². The van der Waals surface area contributed by atoms with Crippen molar-refractivity contribution < 1.29 is 19.6 Å². The lowest BCUT2D eigenvalue weighted by atomic mass is 10.1. The van der Waals surface area contributed by atoms with Crippen LogP contribution >= 0.6 is 15.9 Å². The molecular weight excluding hydrogens is 378 g/mol. The van der Waals surface area contributed by atoms with Crippen molar-refractivity contribution in [3.05, 3.63) is 67.7 Å². The van der Waals surface area contributed by atoms with Crippen LogP contribution in [0.1, 0.15) is 21.5 Å². The van der Waals surface area contributed by atoms with E-state index < -0.39 is 4.92 Å². The normalized spacial score (nSPS) is 10.8. The van der Waals surface area contributed by atoms with Gasteiger partial charge in [-0.3, -0.25) is 14.9 Å². The third-order valence-corrected chi connectivity index (χ3v) is 4.09. The van der Waals surface area contributed by atoms with Gasteiger partial charge in [-0.1, -0.05) is 28.1 Å². The maximum Gasteiger partial charge on any atom is 0.273 e. The Morgan fingerprint density at radius 1 is 1.33 bits per heavy atom. The molecule has 0 heterocycles. The first-order valence-corrected chi connectivity index (χ1v) is 7.66. The summed E-state index contributed by atoms with van der Waals surface area (Å²) in [4.78, 5) is 22.7. The zero-order valence-corrected chi connectivity index (χ0v) is 14.5. The molecule has 1 N–H and O–H groups in total. The highest BCUT2D eigenvalue weighted by Crippen LogP contribution is 2.33. The fourth-order valence-corrected chi connectivity index (χ4v) is 2.53. The van der Waals surface area contributed by atoms with Crippen molar-refractivity contribution in [2.45, 2.75) is 6.92 Å².